The molecule has 0 saturated heterocycles. The molecule has 0 aliphatic heterocycles. The number of rotatable bonds is 6. The number of nitrogens with one attached hydrogen (secondary N) is 2. The molecule has 0 atom stereocenters. The Labute approximate surface area is 149 Å². The van der Waals surface area contributed by atoms with Gasteiger partial charge >= 0.3 is 6.18 Å². The van der Waals surface area contributed by atoms with Crippen molar-refractivity contribution in [1.82, 2.24) is 20.4 Å². The molecule has 1 heterocycles. The number of hydrogen-bond acceptors (Lipinski definition) is 3. The average Bonchev–Trinajstić information content (AvgIpc) is 2.77. The largest absolute Gasteiger partial charge is 0.435 e. The Hall–Kier alpha value is -0.650. The topological polar surface area (TPSA) is 54.2 Å². The fourth-order valence-corrected chi connectivity index (χ4v) is 1.98. The number of aromatic nitrogens is 2. The van der Waals surface area contributed by atoms with Gasteiger partial charge in [-0.3, -0.25) is 4.68 Å². The van der Waals surface area contributed by atoms with Crippen LogP contribution in [0.15, 0.2) is 11.2 Å². The highest BCUT2D eigenvalue weighted by Gasteiger charge is 2.36. The SMILES string of the molecule is CCNC(=NCc1cn(C)nc1C(F)(F)F)NCCSC.I. The summed E-state index contributed by atoms with van der Waals surface area (Å²) in [6.45, 7) is 3.17. The van der Waals surface area contributed by atoms with Crippen LogP contribution in [-0.4, -0.2) is 40.8 Å². The van der Waals surface area contributed by atoms with Crippen LogP contribution in [-0.2, 0) is 19.8 Å². The lowest BCUT2D eigenvalue weighted by molar-refractivity contribution is -0.142. The molecule has 0 saturated carbocycles. The van der Waals surface area contributed by atoms with E-state index < -0.39 is 11.9 Å². The van der Waals surface area contributed by atoms with Crippen molar-refractivity contribution < 1.29 is 13.2 Å². The number of guanidine groups is 1. The summed E-state index contributed by atoms with van der Waals surface area (Å²) in [7, 11) is 1.46. The Morgan fingerprint density at radius 2 is 2.09 bits per heavy atom. The summed E-state index contributed by atoms with van der Waals surface area (Å²) in [6.07, 6.45) is -1.13. The first kappa shape index (κ1) is 21.4. The Balaban J connectivity index is 0.00000441. The van der Waals surface area contributed by atoms with Gasteiger partial charge in [-0.2, -0.15) is 30.0 Å². The first-order chi connectivity index (χ1) is 9.88. The standard InChI is InChI=1S/C12H20F3N5S.HI/c1-4-16-11(17-5-6-21-3)18-7-9-8-20(2)19-10(9)12(13,14)15;/h8H,4-7H2,1-3H3,(H2,16,17,18);1H. The summed E-state index contributed by atoms with van der Waals surface area (Å²) in [5.74, 6) is 1.40. The lowest BCUT2D eigenvalue weighted by Gasteiger charge is -2.10. The van der Waals surface area contributed by atoms with Crippen LogP contribution in [0.2, 0.25) is 0 Å². The molecule has 0 spiro atoms. The molecular formula is C12H21F3IN5S. The zero-order chi connectivity index (χ0) is 15.9. The number of nitrogens with zero attached hydrogens (tertiary/aromatic N) is 3. The summed E-state index contributed by atoms with van der Waals surface area (Å²) in [6, 6.07) is 0. The van der Waals surface area contributed by atoms with Crippen molar-refractivity contribution in [3.63, 3.8) is 0 Å². The maximum Gasteiger partial charge on any atom is 0.435 e. The van der Waals surface area contributed by atoms with Crippen molar-refractivity contribution in [2.75, 3.05) is 25.1 Å². The van der Waals surface area contributed by atoms with E-state index in [2.05, 4.69) is 20.7 Å². The van der Waals surface area contributed by atoms with Gasteiger partial charge in [0, 0.05) is 37.7 Å². The van der Waals surface area contributed by atoms with Gasteiger partial charge in [0.05, 0.1) is 6.54 Å². The fourth-order valence-electron chi connectivity index (χ4n) is 1.67. The summed E-state index contributed by atoms with van der Waals surface area (Å²) < 4.78 is 39.6. The van der Waals surface area contributed by atoms with Crippen molar-refractivity contribution >= 4 is 41.7 Å². The van der Waals surface area contributed by atoms with Crippen LogP contribution in [0, 0.1) is 0 Å². The van der Waals surface area contributed by atoms with Gasteiger partial charge < -0.3 is 10.6 Å². The molecule has 10 heteroatoms. The third-order valence-corrected chi connectivity index (χ3v) is 3.14. The van der Waals surface area contributed by atoms with Crippen LogP contribution in [0.3, 0.4) is 0 Å². The molecule has 128 valence electrons. The Morgan fingerprint density at radius 1 is 1.41 bits per heavy atom. The van der Waals surface area contributed by atoms with Gasteiger partial charge in [-0.25, -0.2) is 4.99 Å². The van der Waals surface area contributed by atoms with Gasteiger partial charge in [-0.1, -0.05) is 0 Å². The fraction of sp³-hybridized carbons (Fsp3) is 0.667. The van der Waals surface area contributed by atoms with E-state index in [0.717, 1.165) is 10.4 Å². The Bertz CT molecular complexity index is 476. The number of thioether (sulfide) groups is 1. The van der Waals surface area contributed by atoms with E-state index in [0.29, 0.717) is 19.0 Å². The maximum atomic E-state index is 12.8. The smallest absolute Gasteiger partial charge is 0.357 e. The minimum absolute atomic E-state index is 0. The first-order valence-electron chi connectivity index (χ1n) is 6.49. The Kier molecular flexibility index (Phi) is 9.89. The molecule has 22 heavy (non-hydrogen) atoms. The number of hydrogen-bond donors (Lipinski definition) is 2. The van der Waals surface area contributed by atoms with Gasteiger partial charge in [-0.15, -0.1) is 24.0 Å². The predicted octanol–water partition coefficient (Wildman–Crippen LogP) is 2.48. The van der Waals surface area contributed by atoms with Crippen molar-refractivity contribution in [2.24, 2.45) is 12.0 Å². The lowest BCUT2D eigenvalue weighted by Crippen LogP contribution is -2.38. The molecule has 0 radical (unpaired) electrons. The second-order valence-corrected chi connectivity index (χ2v) is 5.27. The Morgan fingerprint density at radius 3 is 2.64 bits per heavy atom. The maximum absolute atomic E-state index is 12.8. The molecule has 1 rings (SSSR count). The molecule has 1 aromatic heterocycles. The molecule has 5 nitrogen and oxygen atoms in total. The third kappa shape index (κ3) is 7.07. The van der Waals surface area contributed by atoms with Crippen LogP contribution in [0.25, 0.3) is 0 Å². The van der Waals surface area contributed by atoms with Crippen molar-refractivity contribution in [1.29, 1.82) is 0 Å². The highest BCUT2D eigenvalue weighted by Crippen LogP contribution is 2.30. The molecular weight excluding hydrogens is 430 g/mol. The second kappa shape index (κ2) is 10.2. The summed E-state index contributed by atoms with van der Waals surface area (Å²) in [5, 5.41) is 9.52. The minimum atomic E-state index is -4.46. The van der Waals surface area contributed by atoms with Crippen LogP contribution in [0.5, 0.6) is 0 Å². The second-order valence-electron chi connectivity index (χ2n) is 4.29. The number of halogens is 4. The minimum Gasteiger partial charge on any atom is -0.357 e. The quantitative estimate of drug-likeness (QED) is 0.302. The van der Waals surface area contributed by atoms with Gasteiger partial charge in [0.1, 0.15) is 0 Å². The van der Waals surface area contributed by atoms with E-state index in [-0.39, 0.29) is 36.1 Å². The number of aliphatic imine (C=N–C) groups is 1. The summed E-state index contributed by atoms with van der Waals surface area (Å²) in [5.41, 5.74) is -0.819. The van der Waals surface area contributed by atoms with Gasteiger partial charge in [0.15, 0.2) is 11.7 Å². The molecule has 0 amide bonds. The van der Waals surface area contributed by atoms with Crippen LogP contribution >= 0.6 is 35.7 Å². The lowest BCUT2D eigenvalue weighted by atomic mass is 10.2. The van der Waals surface area contributed by atoms with E-state index in [1.165, 1.54) is 13.2 Å². The van der Waals surface area contributed by atoms with E-state index in [1.54, 1.807) is 11.8 Å². The molecule has 0 aromatic carbocycles. The average molecular weight is 451 g/mol. The van der Waals surface area contributed by atoms with Gasteiger partial charge in [0.25, 0.3) is 0 Å². The van der Waals surface area contributed by atoms with E-state index in [9.17, 15) is 13.2 Å². The first-order valence-corrected chi connectivity index (χ1v) is 7.88. The van der Waals surface area contributed by atoms with Crippen molar-refractivity contribution in [2.45, 2.75) is 19.6 Å². The molecule has 0 unspecified atom stereocenters. The normalized spacial score (nSPS) is 12.0. The van der Waals surface area contributed by atoms with Gasteiger partial charge in [-0.05, 0) is 13.2 Å². The highest BCUT2D eigenvalue weighted by atomic mass is 127. The zero-order valence-electron chi connectivity index (χ0n) is 12.7. The molecule has 2 N–H and O–H groups in total. The molecule has 0 aliphatic rings. The predicted molar refractivity (Wildman–Crippen MR) is 94.8 cm³/mol. The van der Waals surface area contributed by atoms with Crippen molar-refractivity contribution in [3.05, 3.63) is 17.5 Å². The highest BCUT2D eigenvalue weighted by molar-refractivity contribution is 14.0. The molecule has 0 aliphatic carbocycles. The molecule has 0 fully saturated rings. The van der Waals surface area contributed by atoms with Crippen LogP contribution < -0.4 is 10.6 Å². The number of aryl methyl sites for hydroxylation is 1. The summed E-state index contributed by atoms with van der Waals surface area (Å²) in [4.78, 5) is 4.17. The molecule has 1 aromatic rings. The van der Waals surface area contributed by atoms with Gasteiger partial charge in [0.2, 0.25) is 0 Å². The molecule has 0 bridgehead atoms. The van der Waals surface area contributed by atoms with E-state index >= 15 is 0 Å². The van der Waals surface area contributed by atoms with E-state index in [1.807, 2.05) is 13.2 Å². The van der Waals surface area contributed by atoms with Crippen molar-refractivity contribution in [3.8, 4) is 0 Å². The third-order valence-electron chi connectivity index (χ3n) is 2.52. The summed E-state index contributed by atoms with van der Waals surface area (Å²) >= 11 is 1.68. The van der Waals surface area contributed by atoms with E-state index in [4.69, 9.17) is 0 Å². The number of alkyl halides is 3. The van der Waals surface area contributed by atoms with Crippen LogP contribution in [0.4, 0.5) is 13.2 Å². The van der Waals surface area contributed by atoms with Crippen LogP contribution in [0.1, 0.15) is 18.2 Å². The monoisotopic (exact) mass is 451 g/mol. The zero-order valence-corrected chi connectivity index (χ0v) is 15.8.